The van der Waals surface area contributed by atoms with Crippen molar-refractivity contribution in [2.45, 2.75) is 70.9 Å². The molecule has 1 fully saturated rings. The van der Waals surface area contributed by atoms with Crippen LogP contribution in [0.15, 0.2) is 72.8 Å². The molecule has 4 atom stereocenters. The van der Waals surface area contributed by atoms with E-state index in [0.717, 1.165) is 41.5 Å². The van der Waals surface area contributed by atoms with Crippen LogP contribution in [0.2, 0.25) is 0 Å². The maximum absolute atomic E-state index is 14.4. The molecule has 3 unspecified atom stereocenters. The van der Waals surface area contributed by atoms with E-state index in [4.69, 9.17) is 18.9 Å². The van der Waals surface area contributed by atoms with E-state index in [1.54, 1.807) is 18.9 Å². The third kappa shape index (κ3) is 6.41. The molecule has 1 aliphatic heterocycles. The van der Waals surface area contributed by atoms with Crippen molar-refractivity contribution in [1.29, 1.82) is 0 Å². The fourth-order valence-electron chi connectivity index (χ4n) is 5.89. The van der Waals surface area contributed by atoms with E-state index < -0.39 is 18.1 Å². The smallest absolute Gasteiger partial charge is 0.329 e. The van der Waals surface area contributed by atoms with Crippen LogP contribution >= 0.6 is 0 Å². The van der Waals surface area contributed by atoms with E-state index in [1.165, 1.54) is 0 Å². The molecule has 7 heteroatoms. The molecule has 0 radical (unpaired) electrons. The molecule has 3 aromatic carbocycles. The van der Waals surface area contributed by atoms with E-state index >= 15 is 0 Å². The Morgan fingerprint density at radius 1 is 0.976 bits per heavy atom. The van der Waals surface area contributed by atoms with Gasteiger partial charge in [0.1, 0.15) is 12.6 Å². The van der Waals surface area contributed by atoms with Crippen LogP contribution in [0.3, 0.4) is 0 Å². The van der Waals surface area contributed by atoms with Gasteiger partial charge in [-0.2, -0.15) is 0 Å². The number of benzene rings is 3. The average Bonchev–Trinajstić information content (AvgIpc) is 3.42. The summed E-state index contributed by atoms with van der Waals surface area (Å²) in [5.74, 6) is 0.869. The van der Waals surface area contributed by atoms with Crippen LogP contribution < -0.4 is 9.47 Å². The summed E-state index contributed by atoms with van der Waals surface area (Å²) in [6, 6.07) is 22.5. The van der Waals surface area contributed by atoms with Crippen LogP contribution in [0.25, 0.3) is 0 Å². The van der Waals surface area contributed by atoms with E-state index in [-0.39, 0.29) is 31.6 Å². The van der Waals surface area contributed by atoms with Gasteiger partial charge in [0.15, 0.2) is 17.6 Å². The van der Waals surface area contributed by atoms with E-state index in [9.17, 15) is 9.59 Å². The molecule has 3 aromatic rings. The zero-order valence-corrected chi connectivity index (χ0v) is 24.1. The Kier molecular flexibility index (Phi) is 9.24. The fraction of sp³-hybridized carbons (Fsp3) is 0.412. The van der Waals surface area contributed by atoms with Crippen molar-refractivity contribution in [3.05, 3.63) is 95.1 Å². The zero-order chi connectivity index (χ0) is 28.8. The molecule has 5 rings (SSSR count). The highest BCUT2D eigenvalue weighted by molar-refractivity contribution is 5.89. The molecule has 1 aliphatic carbocycles. The van der Waals surface area contributed by atoms with E-state index in [2.05, 4.69) is 6.92 Å². The predicted octanol–water partition coefficient (Wildman–Crippen LogP) is 6.04. The highest BCUT2D eigenvalue weighted by Gasteiger charge is 2.42. The summed E-state index contributed by atoms with van der Waals surface area (Å²) in [4.78, 5) is 29.4. The van der Waals surface area contributed by atoms with Crippen molar-refractivity contribution in [2.24, 2.45) is 5.92 Å². The molecule has 1 heterocycles. The van der Waals surface area contributed by atoms with Crippen molar-refractivity contribution in [3.63, 3.8) is 0 Å². The van der Waals surface area contributed by atoms with Gasteiger partial charge in [-0.3, -0.25) is 4.79 Å². The second-order valence-electron chi connectivity index (χ2n) is 10.8. The molecule has 41 heavy (non-hydrogen) atoms. The summed E-state index contributed by atoms with van der Waals surface area (Å²) in [5.41, 5.74) is 3.56. The van der Waals surface area contributed by atoms with Crippen molar-refractivity contribution in [3.8, 4) is 11.5 Å². The van der Waals surface area contributed by atoms with E-state index in [1.807, 2.05) is 72.8 Å². The van der Waals surface area contributed by atoms with Gasteiger partial charge in [0.05, 0.1) is 19.8 Å². The van der Waals surface area contributed by atoms with Crippen LogP contribution in [0.5, 0.6) is 11.5 Å². The first-order chi connectivity index (χ1) is 20.0. The van der Waals surface area contributed by atoms with E-state index in [0.29, 0.717) is 24.0 Å². The molecule has 0 spiro atoms. The number of ether oxygens (including phenoxy) is 4. The fourth-order valence-corrected chi connectivity index (χ4v) is 5.89. The highest BCUT2D eigenvalue weighted by Crippen LogP contribution is 2.40. The van der Waals surface area contributed by atoms with Crippen molar-refractivity contribution < 1.29 is 28.5 Å². The Morgan fingerprint density at radius 3 is 2.37 bits per heavy atom. The second kappa shape index (κ2) is 13.2. The Hall–Kier alpha value is -3.84. The van der Waals surface area contributed by atoms with Crippen LogP contribution in [-0.2, 0) is 38.6 Å². The summed E-state index contributed by atoms with van der Waals surface area (Å²) in [6.07, 6.45) is 2.51. The first-order valence-corrected chi connectivity index (χ1v) is 14.5. The molecule has 0 saturated heterocycles. The predicted molar refractivity (Wildman–Crippen MR) is 156 cm³/mol. The molecular formula is C34H39NO6. The number of methoxy groups -OCH3 is 1. The van der Waals surface area contributed by atoms with Crippen LogP contribution in [0.4, 0.5) is 0 Å². The van der Waals surface area contributed by atoms with Crippen molar-refractivity contribution >= 4 is 11.9 Å². The Morgan fingerprint density at radius 2 is 1.71 bits per heavy atom. The van der Waals surface area contributed by atoms with Gasteiger partial charge in [-0.25, -0.2) is 4.79 Å². The summed E-state index contributed by atoms with van der Waals surface area (Å²) in [7, 11) is 1.60. The van der Waals surface area contributed by atoms with Gasteiger partial charge in [0, 0.05) is 18.5 Å². The Bertz CT molecular complexity index is 1330. The van der Waals surface area contributed by atoms with Crippen molar-refractivity contribution in [1.82, 2.24) is 4.90 Å². The van der Waals surface area contributed by atoms with Gasteiger partial charge >= 0.3 is 5.97 Å². The number of amides is 1. The number of carbonyl (C=O) groups excluding carboxylic acids is 2. The first-order valence-electron chi connectivity index (χ1n) is 14.5. The summed E-state index contributed by atoms with van der Waals surface area (Å²) in [6.45, 7) is 4.75. The van der Waals surface area contributed by atoms with Gasteiger partial charge < -0.3 is 23.8 Å². The molecule has 216 valence electrons. The topological polar surface area (TPSA) is 74.3 Å². The number of carbonyl (C=O) groups is 2. The van der Waals surface area contributed by atoms with Crippen LogP contribution in [0, 0.1) is 5.92 Å². The maximum atomic E-state index is 14.4. The van der Waals surface area contributed by atoms with Gasteiger partial charge in [0.25, 0.3) is 5.91 Å². The Labute approximate surface area is 242 Å². The monoisotopic (exact) mass is 557 g/mol. The molecule has 0 aromatic heterocycles. The maximum Gasteiger partial charge on any atom is 0.329 e. The standard InChI is InChI=1S/C34H39NO6/c1-4-39-34(37)28-20-27-26(18-19-30(38-3)32(27)40-22-24-13-7-5-8-14-24)21-35(28)33(36)31(25-15-9-6-10-16-25)41-29-17-11-12-23(29)2/h5-10,13-16,18-19,23,28-29,31H,4,11-12,17,20-22H2,1-3H3/t23?,28-,29?,31?/m0/s1. The third-order valence-corrected chi connectivity index (χ3v) is 8.14. The van der Waals surface area contributed by atoms with Gasteiger partial charge in [0.2, 0.25) is 0 Å². The Balaban J connectivity index is 1.49. The minimum atomic E-state index is -0.822. The third-order valence-electron chi connectivity index (χ3n) is 8.14. The molecule has 1 saturated carbocycles. The molecule has 2 aliphatic rings. The lowest BCUT2D eigenvalue weighted by Gasteiger charge is -2.38. The molecule has 1 amide bonds. The summed E-state index contributed by atoms with van der Waals surface area (Å²) in [5, 5.41) is 0. The largest absolute Gasteiger partial charge is 0.493 e. The summed E-state index contributed by atoms with van der Waals surface area (Å²) < 4.78 is 24.0. The number of hydrogen-bond donors (Lipinski definition) is 0. The zero-order valence-electron chi connectivity index (χ0n) is 24.1. The summed E-state index contributed by atoms with van der Waals surface area (Å²) >= 11 is 0. The highest BCUT2D eigenvalue weighted by atomic mass is 16.5. The van der Waals surface area contributed by atoms with Crippen LogP contribution in [-0.4, -0.2) is 42.6 Å². The van der Waals surface area contributed by atoms with Gasteiger partial charge in [-0.1, -0.05) is 80.1 Å². The normalized spacial score (nSPS) is 20.7. The molecule has 0 N–H and O–H groups in total. The number of rotatable bonds is 10. The lowest BCUT2D eigenvalue weighted by Crippen LogP contribution is -2.51. The van der Waals surface area contributed by atoms with Crippen LogP contribution in [0.1, 0.15) is 61.5 Å². The minimum Gasteiger partial charge on any atom is -0.493 e. The van der Waals surface area contributed by atoms with Crippen molar-refractivity contribution in [2.75, 3.05) is 13.7 Å². The molecular weight excluding hydrogens is 518 g/mol. The quantitative estimate of drug-likeness (QED) is 0.283. The lowest BCUT2D eigenvalue weighted by molar-refractivity contribution is -0.163. The second-order valence-corrected chi connectivity index (χ2v) is 10.8. The number of nitrogens with zero attached hydrogens (tertiary/aromatic N) is 1. The number of esters is 1. The lowest BCUT2D eigenvalue weighted by atomic mass is 9.91. The number of hydrogen-bond acceptors (Lipinski definition) is 6. The SMILES string of the molecule is CCOC(=O)[C@@H]1Cc2c(ccc(OC)c2OCc2ccccc2)CN1C(=O)C(OC1CCCC1C)c1ccccc1. The first kappa shape index (κ1) is 28.7. The van der Waals surface area contributed by atoms with Gasteiger partial charge in [-0.05, 0) is 48.4 Å². The van der Waals surface area contributed by atoms with Gasteiger partial charge in [-0.15, -0.1) is 0 Å². The minimum absolute atomic E-state index is 0.00970. The molecule has 0 bridgehead atoms. The average molecular weight is 558 g/mol. The number of fused-ring (bicyclic) bond motifs is 1. The molecule has 7 nitrogen and oxygen atoms in total.